The maximum absolute atomic E-state index is 11.2. The van der Waals surface area contributed by atoms with Crippen molar-refractivity contribution in [1.82, 2.24) is 4.90 Å². The number of hydrogen-bond acceptors (Lipinski definition) is 3. The van der Waals surface area contributed by atoms with Gasteiger partial charge in [-0.2, -0.15) is 0 Å². The van der Waals surface area contributed by atoms with E-state index in [2.05, 4.69) is 32.5 Å². The molecular formula is C10H18BrNO2. The van der Waals surface area contributed by atoms with Gasteiger partial charge < -0.3 is 9.64 Å². The van der Waals surface area contributed by atoms with Gasteiger partial charge in [-0.15, -0.1) is 0 Å². The zero-order valence-electron chi connectivity index (χ0n) is 8.83. The maximum atomic E-state index is 11.2. The summed E-state index contributed by atoms with van der Waals surface area (Å²) in [7, 11) is 1.43. The maximum Gasteiger partial charge on any atom is 0.320 e. The molecule has 82 valence electrons. The smallest absolute Gasteiger partial charge is 0.320 e. The Kier molecular flexibility index (Phi) is 4.89. The molecule has 2 atom stereocenters. The van der Waals surface area contributed by atoms with Crippen molar-refractivity contribution in [1.29, 1.82) is 0 Å². The zero-order valence-corrected chi connectivity index (χ0v) is 10.4. The molecule has 1 aliphatic heterocycles. The Labute approximate surface area is 93.9 Å². The molecule has 2 unspecified atom stereocenters. The van der Waals surface area contributed by atoms with E-state index in [9.17, 15) is 4.79 Å². The molecule has 0 radical (unpaired) electrons. The van der Waals surface area contributed by atoms with Gasteiger partial charge in [0, 0.05) is 13.1 Å². The molecule has 0 N–H and O–H groups in total. The predicted molar refractivity (Wildman–Crippen MR) is 59.6 cm³/mol. The second kappa shape index (κ2) is 5.71. The van der Waals surface area contributed by atoms with E-state index in [0.717, 1.165) is 25.6 Å². The third-order valence-corrected chi connectivity index (χ3v) is 3.49. The minimum atomic E-state index is -0.178. The molecule has 0 aromatic carbocycles. The van der Waals surface area contributed by atoms with Crippen molar-refractivity contribution in [2.45, 2.75) is 24.6 Å². The second-order valence-corrected chi connectivity index (χ2v) is 4.92. The van der Waals surface area contributed by atoms with Gasteiger partial charge in [0.25, 0.3) is 0 Å². The Morgan fingerprint density at radius 1 is 1.71 bits per heavy atom. The van der Waals surface area contributed by atoms with Crippen LogP contribution in [0.25, 0.3) is 0 Å². The first-order chi connectivity index (χ1) is 6.67. The molecule has 1 rings (SSSR count). The summed E-state index contributed by atoms with van der Waals surface area (Å²) in [6.45, 7) is 5.22. The number of carbonyl (C=O) groups excluding carboxylic acids is 1. The minimum absolute atomic E-state index is 0.176. The van der Waals surface area contributed by atoms with Gasteiger partial charge in [-0.05, 0) is 18.9 Å². The second-order valence-electron chi connectivity index (χ2n) is 3.81. The van der Waals surface area contributed by atoms with Gasteiger partial charge in [-0.3, -0.25) is 4.79 Å². The highest BCUT2D eigenvalue weighted by Gasteiger charge is 2.25. The van der Waals surface area contributed by atoms with E-state index < -0.39 is 0 Å². The topological polar surface area (TPSA) is 29.5 Å². The number of carbonyl (C=O) groups is 1. The van der Waals surface area contributed by atoms with Crippen LogP contribution in [0.15, 0.2) is 0 Å². The van der Waals surface area contributed by atoms with E-state index in [0.29, 0.717) is 0 Å². The standard InChI is InChI=1S/C10H18BrNO2/c1-3-8-4-5-12(6-8)7-9(11)10(13)14-2/h8-9H,3-7H2,1-2H3. The van der Waals surface area contributed by atoms with Gasteiger partial charge in [0.05, 0.1) is 7.11 Å². The van der Waals surface area contributed by atoms with Crippen molar-refractivity contribution in [3.63, 3.8) is 0 Å². The normalized spacial score (nSPS) is 24.9. The molecule has 1 aliphatic rings. The van der Waals surface area contributed by atoms with E-state index in [-0.39, 0.29) is 10.8 Å². The van der Waals surface area contributed by atoms with Crippen LogP contribution >= 0.6 is 15.9 Å². The zero-order chi connectivity index (χ0) is 10.6. The summed E-state index contributed by atoms with van der Waals surface area (Å²) in [5, 5.41) is 0. The SMILES string of the molecule is CCC1CCN(CC(Br)C(=O)OC)C1. The fourth-order valence-electron chi connectivity index (χ4n) is 1.84. The lowest BCUT2D eigenvalue weighted by molar-refractivity contribution is -0.140. The average Bonchev–Trinajstić information content (AvgIpc) is 2.64. The molecule has 1 heterocycles. The molecule has 3 nitrogen and oxygen atoms in total. The third kappa shape index (κ3) is 3.24. The van der Waals surface area contributed by atoms with Gasteiger partial charge in [0.1, 0.15) is 4.83 Å². The molecule has 0 aromatic rings. The number of methoxy groups -OCH3 is 1. The number of nitrogens with zero attached hydrogens (tertiary/aromatic N) is 1. The van der Waals surface area contributed by atoms with Crippen LogP contribution in [-0.4, -0.2) is 42.4 Å². The quantitative estimate of drug-likeness (QED) is 0.571. The largest absolute Gasteiger partial charge is 0.468 e. The summed E-state index contributed by atoms with van der Waals surface area (Å²) in [6, 6.07) is 0. The Hall–Kier alpha value is -0.0900. The van der Waals surface area contributed by atoms with Gasteiger partial charge >= 0.3 is 5.97 Å². The fraction of sp³-hybridized carbons (Fsp3) is 0.900. The lowest BCUT2D eigenvalue weighted by Gasteiger charge is -2.18. The van der Waals surface area contributed by atoms with E-state index in [4.69, 9.17) is 0 Å². The van der Waals surface area contributed by atoms with E-state index in [1.807, 2.05) is 0 Å². The van der Waals surface area contributed by atoms with Crippen LogP contribution in [0, 0.1) is 5.92 Å². The Bertz CT molecular complexity index is 199. The van der Waals surface area contributed by atoms with E-state index in [1.165, 1.54) is 20.0 Å². The van der Waals surface area contributed by atoms with Gasteiger partial charge in [-0.1, -0.05) is 29.3 Å². The average molecular weight is 264 g/mol. The molecule has 0 aromatic heterocycles. The highest BCUT2D eigenvalue weighted by molar-refractivity contribution is 9.10. The first-order valence-electron chi connectivity index (χ1n) is 5.11. The summed E-state index contributed by atoms with van der Waals surface area (Å²) >= 11 is 3.34. The highest BCUT2D eigenvalue weighted by Crippen LogP contribution is 2.20. The molecule has 0 amide bonds. The third-order valence-electron chi connectivity index (χ3n) is 2.82. The summed E-state index contributed by atoms with van der Waals surface area (Å²) in [6.07, 6.45) is 2.50. The Morgan fingerprint density at radius 2 is 2.43 bits per heavy atom. The minimum Gasteiger partial charge on any atom is -0.468 e. The molecule has 4 heteroatoms. The lowest BCUT2D eigenvalue weighted by atomic mass is 10.1. The first-order valence-corrected chi connectivity index (χ1v) is 6.03. The van der Waals surface area contributed by atoms with Crippen LogP contribution in [0.2, 0.25) is 0 Å². The molecule has 14 heavy (non-hydrogen) atoms. The van der Waals surface area contributed by atoms with Crippen LogP contribution in [0.1, 0.15) is 19.8 Å². The Morgan fingerprint density at radius 3 is 2.93 bits per heavy atom. The lowest BCUT2D eigenvalue weighted by Crippen LogP contribution is -2.32. The van der Waals surface area contributed by atoms with Crippen LogP contribution in [-0.2, 0) is 9.53 Å². The molecule has 1 fully saturated rings. The van der Waals surface area contributed by atoms with Gasteiger partial charge in [0.15, 0.2) is 0 Å². The number of alkyl halides is 1. The van der Waals surface area contributed by atoms with Crippen LogP contribution < -0.4 is 0 Å². The Balaban J connectivity index is 2.28. The predicted octanol–water partition coefficient (Wildman–Crippen LogP) is 1.65. The summed E-state index contributed by atoms with van der Waals surface area (Å²) < 4.78 is 4.66. The fourth-order valence-corrected chi connectivity index (χ4v) is 2.44. The van der Waals surface area contributed by atoms with E-state index >= 15 is 0 Å². The molecule has 0 saturated carbocycles. The van der Waals surface area contributed by atoms with Crippen molar-refractivity contribution in [3.8, 4) is 0 Å². The van der Waals surface area contributed by atoms with Crippen molar-refractivity contribution in [3.05, 3.63) is 0 Å². The number of hydrogen-bond donors (Lipinski definition) is 0. The van der Waals surface area contributed by atoms with Gasteiger partial charge in [0.2, 0.25) is 0 Å². The number of rotatable bonds is 4. The van der Waals surface area contributed by atoms with Crippen molar-refractivity contribution < 1.29 is 9.53 Å². The summed E-state index contributed by atoms with van der Waals surface area (Å²) in [5.74, 6) is 0.636. The number of likely N-dealkylation sites (tertiary alicyclic amines) is 1. The van der Waals surface area contributed by atoms with E-state index in [1.54, 1.807) is 0 Å². The van der Waals surface area contributed by atoms with Crippen LogP contribution in [0.3, 0.4) is 0 Å². The first kappa shape index (κ1) is 12.0. The number of ether oxygens (including phenoxy) is 1. The molecule has 0 bridgehead atoms. The number of esters is 1. The molecule has 1 saturated heterocycles. The number of halogens is 1. The van der Waals surface area contributed by atoms with Crippen LogP contribution in [0.4, 0.5) is 0 Å². The van der Waals surface area contributed by atoms with Gasteiger partial charge in [-0.25, -0.2) is 0 Å². The molecule has 0 spiro atoms. The summed E-state index contributed by atoms with van der Waals surface area (Å²) in [4.78, 5) is 13.3. The summed E-state index contributed by atoms with van der Waals surface area (Å²) in [5.41, 5.74) is 0. The highest BCUT2D eigenvalue weighted by atomic mass is 79.9. The van der Waals surface area contributed by atoms with Crippen molar-refractivity contribution in [2.75, 3.05) is 26.7 Å². The molecule has 0 aliphatic carbocycles. The van der Waals surface area contributed by atoms with Crippen LogP contribution in [0.5, 0.6) is 0 Å². The van der Waals surface area contributed by atoms with Crippen molar-refractivity contribution in [2.24, 2.45) is 5.92 Å². The van der Waals surface area contributed by atoms with Crippen molar-refractivity contribution >= 4 is 21.9 Å². The monoisotopic (exact) mass is 263 g/mol. The molecular weight excluding hydrogens is 246 g/mol.